The Balaban J connectivity index is 1.75. The second-order valence-electron chi connectivity index (χ2n) is 10.7. The summed E-state index contributed by atoms with van der Waals surface area (Å²) in [5.74, 6) is -0.834. The normalized spacial score (nSPS) is 14.4. The minimum atomic E-state index is -3.85. The summed E-state index contributed by atoms with van der Waals surface area (Å²) in [5, 5.41) is 3.85. The van der Waals surface area contributed by atoms with Crippen molar-refractivity contribution in [3.8, 4) is 0 Å². The van der Waals surface area contributed by atoms with Crippen LogP contribution in [0.4, 0.5) is 5.69 Å². The van der Waals surface area contributed by atoms with Crippen LogP contribution in [0, 0.1) is 0 Å². The highest BCUT2D eigenvalue weighted by Crippen LogP contribution is 2.28. The predicted octanol–water partition coefficient (Wildman–Crippen LogP) is 6.02. The number of carbonyl (C=O) groups excluding carboxylic acids is 2. The van der Waals surface area contributed by atoms with Gasteiger partial charge in [-0.2, -0.15) is 0 Å². The maximum absolute atomic E-state index is 14.3. The zero-order valence-electron chi connectivity index (χ0n) is 23.9. The molecule has 0 heterocycles. The van der Waals surface area contributed by atoms with Crippen molar-refractivity contribution < 1.29 is 18.0 Å². The maximum Gasteiger partial charge on any atom is 0.244 e. The van der Waals surface area contributed by atoms with Gasteiger partial charge in [-0.05, 0) is 54.7 Å². The molecule has 0 spiro atoms. The number of nitrogens with one attached hydrogen (secondary N) is 1. The molecule has 0 aliphatic heterocycles. The molecule has 1 atom stereocenters. The number of benzene rings is 3. The lowest BCUT2D eigenvalue weighted by molar-refractivity contribution is -0.140. The van der Waals surface area contributed by atoms with Gasteiger partial charge in [0.25, 0.3) is 0 Å². The molecule has 3 aromatic rings. The van der Waals surface area contributed by atoms with E-state index in [4.69, 9.17) is 23.2 Å². The van der Waals surface area contributed by atoms with Crippen molar-refractivity contribution >= 4 is 50.7 Å². The lowest BCUT2D eigenvalue weighted by atomic mass is 10.0. The van der Waals surface area contributed by atoms with E-state index in [0.29, 0.717) is 21.3 Å². The summed E-state index contributed by atoms with van der Waals surface area (Å²) >= 11 is 13.1. The van der Waals surface area contributed by atoms with Crippen molar-refractivity contribution in [3.05, 3.63) is 99.5 Å². The van der Waals surface area contributed by atoms with E-state index >= 15 is 0 Å². The molecular weight excluding hydrogens is 593 g/mol. The van der Waals surface area contributed by atoms with Crippen molar-refractivity contribution in [2.45, 2.75) is 64.1 Å². The van der Waals surface area contributed by atoms with Gasteiger partial charge in [0, 0.05) is 34.6 Å². The second-order valence-corrected chi connectivity index (χ2v) is 13.4. The SMILES string of the molecule is CCc1ccc(N(CC(=O)N(Cc2c(Cl)cccc2Cl)C(Cc2ccccc2)C(=O)NC2CCCC2)S(C)(=O)=O)cc1. The van der Waals surface area contributed by atoms with Crippen LogP contribution in [0.25, 0.3) is 0 Å². The standard InChI is InChI=1S/C32H37Cl2N3O4S/c1-3-23-16-18-26(19-17-23)37(42(2,40)41)22-31(38)36(21-27-28(33)14-9-15-29(27)34)30(20-24-10-5-4-6-11-24)32(39)35-25-12-7-8-13-25/h4-6,9-11,14-19,25,30H,3,7-8,12-13,20-22H2,1-2H3,(H,35,39). The second kappa shape index (κ2) is 14.4. The summed E-state index contributed by atoms with van der Waals surface area (Å²) in [6.07, 6.45) is 5.92. The van der Waals surface area contributed by atoms with Gasteiger partial charge in [0.15, 0.2) is 0 Å². The first-order valence-corrected chi connectivity index (χ1v) is 16.8. The Bertz CT molecular complexity index is 1460. The Hall–Kier alpha value is -3.07. The summed E-state index contributed by atoms with van der Waals surface area (Å²) < 4.78 is 27.0. The van der Waals surface area contributed by atoms with Gasteiger partial charge >= 0.3 is 0 Å². The summed E-state index contributed by atoms with van der Waals surface area (Å²) in [7, 11) is -3.85. The number of hydrogen-bond acceptors (Lipinski definition) is 4. The van der Waals surface area contributed by atoms with E-state index in [-0.39, 0.29) is 24.9 Å². The van der Waals surface area contributed by atoms with Gasteiger partial charge in [0.1, 0.15) is 12.6 Å². The number of hydrogen-bond donors (Lipinski definition) is 1. The number of amides is 2. The van der Waals surface area contributed by atoms with Crippen LogP contribution < -0.4 is 9.62 Å². The van der Waals surface area contributed by atoms with Gasteiger partial charge in [0.2, 0.25) is 21.8 Å². The lowest BCUT2D eigenvalue weighted by Gasteiger charge is -2.34. The van der Waals surface area contributed by atoms with Crippen molar-refractivity contribution in [2.75, 3.05) is 17.1 Å². The predicted molar refractivity (Wildman–Crippen MR) is 169 cm³/mol. The Labute approximate surface area is 258 Å². The van der Waals surface area contributed by atoms with Gasteiger partial charge in [-0.25, -0.2) is 8.42 Å². The number of rotatable bonds is 12. The first-order chi connectivity index (χ1) is 20.1. The van der Waals surface area contributed by atoms with Crippen molar-refractivity contribution in [1.82, 2.24) is 10.2 Å². The van der Waals surface area contributed by atoms with E-state index in [0.717, 1.165) is 53.8 Å². The summed E-state index contributed by atoms with van der Waals surface area (Å²) in [5.41, 5.74) is 2.76. The van der Waals surface area contributed by atoms with Crippen molar-refractivity contribution in [3.63, 3.8) is 0 Å². The van der Waals surface area contributed by atoms with Crippen LogP contribution in [-0.2, 0) is 39.0 Å². The summed E-state index contributed by atoms with van der Waals surface area (Å²) in [6, 6.07) is 20.7. The highest BCUT2D eigenvalue weighted by molar-refractivity contribution is 7.92. The molecule has 10 heteroatoms. The topological polar surface area (TPSA) is 86.8 Å². The molecule has 1 saturated carbocycles. The number of sulfonamides is 1. The van der Waals surface area contributed by atoms with Crippen LogP contribution in [-0.4, -0.2) is 50.0 Å². The monoisotopic (exact) mass is 629 g/mol. The van der Waals surface area contributed by atoms with Crippen LogP contribution in [0.3, 0.4) is 0 Å². The number of aryl methyl sites for hydroxylation is 1. The van der Waals surface area contributed by atoms with Crippen molar-refractivity contribution in [2.24, 2.45) is 0 Å². The third-order valence-electron chi connectivity index (χ3n) is 7.67. The van der Waals surface area contributed by atoms with Crippen LogP contribution in [0.2, 0.25) is 10.0 Å². The first-order valence-electron chi connectivity index (χ1n) is 14.2. The van der Waals surface area contributed by atoms with Gasteiger partial charge in [-0.3, -0.25) is 13.9 Å². The number of nitrogens with zero attached hydrogens (tertiary/aromatic N) is 2. The molecule has 1 fully saturated rings. The van der Waals surface area contributed by atoms with Crippen LogP contribution in [0.15, 0.2) is 72.8 Å². The van der Waals surface area contributed by atoms with Gasteiger partial charge in [0.05, 0.1) is 11.9 Å². The zero-order chi connectivity index (χ0) is 30.3. The van der Waals surface area contributed by atoms with Gasteiger partial charge < -0.3 is 10.2 Å². The minimum absolute atomic E-state index is 0.0289. The molecule has 1 N–H and O–H groups in total. The lowest BCUT2D eigenvalue weighted by Crippen LogP contribution is -2.54. The third kappa shape index (κ3) is 8.27. The molecule has 224 valence electrons. The van der Waals surface area contributed by atoms with Crippen LogP contribution >= 0.6 is 23.2 Å². The number of anilines is 1. The van der Waals surface area contributed by atoms with E-state index in [1.165, 1.54) is 4.90 Å². The Morgan fingerprint density at radius 1 is 0.905 bits per heavy atom. The van der Waals surface area contributed by atoms with Gasteiger partial charge in [-0.15, -0.1) is 0 Å². The van der Waals surface area contributed by atoms with E-state index in [1.54, 1.807) is 30.3 Å². The largest absolute Gasteiger partial charge is 0.352 e. The summed E-state index contributed by atoms with van der Waals surface area (Å²) in [6.45, 7) is 1.45. The summed E-state index contributed by atoms with van der Waals surface area (Å²) in [4.78, 5) is 29.6. The number of carbonyl (C=O) groups is 2. The molecule has 42 heavy (non-hydrogen) atoms. The highest BCUT2D eigenvalue weighted by Gasteiger charge is 2.35. The minimum Gasteiger partial charge on any atom is -0.352 e. The fourth-order valence-corrected chi connectivity index (χ4v) is 6.65. The quantitative estimate of drug-likeness (QED) is 0.265. The van der Waals surface area contributed by atoms with Crippen LogP contribution in [0.5, 0.6) is 0 Å². The molecule has 3 aromatic carbocycles. The first kappa shape index (κ1) is 31.9. The van der Waals surface area contributed by atoms with Crippen molar-refractivity contribution in [1.29, 1.82) is 0 Å². The molecule has 2 amide bonds. The Kier molecular flexibility index (Phi) is 10.9. The molecule has 0 radical (unpaired) electrons. The highest BCUT2D eigenvalue weighted by atomic mass is 35.5. The zero-order valence-corrected chi connectivity index (χ0v) is 26.3. The fraction of sp³-hybridized carbons (Fsp3) is 0.375. The maximum atomic E-state index is 14.3. The molecule has 0 bridgehead atoms. The third-order valence-corrected chi connectivity index (χ3v) is 9.52. The molecule has 4 rings (SSSR count). The number of halogens is 2. The van der Waals surface area contributed by atoms with E-state index < -0.39 is 28.5 Å². The smallest absolute Gasteiger partial charge is 0.244 e. The Morgan fingerprint density at radius 3 is 2.10 bits per heavy atom. The molecule has 0 saturated heterocycles. The van der Waals surface area contributed by atoms with Gasteiger partial charge in [-0.1, -0.05) is 91.5 Å². The van der Waals surface area contributed by atoms with E-state index in [1.807, 2.05) is 49.4 Å². The molecule has 1 aliphatic rings. The average Bonchev–Trinajstić information content (AvgIpc) is 3.48. The van der Waals surface area contributed by atoms with E-state index in [9.17, 15) is 18.0 Å². The average molecular weight is 631 g/mol. The molecule has 7 nitrogen and oxygen atoms in total. The van der Waals surface area contributed by atoms with Crippen LogP contribution in [0.1, 0.15) is 49.3 Å². The fourth-order valence-electron chi connectivity index (χ4n) is 5.29. The Morgan fingerprint density at radius 2 is 1.52 bits per heavy atom. The molecule has 1 aliphatic carbocycles. The molecule has 0 aromatic heterocycles. The molecular formula is C32H37Cl2N3O4S. The van der Waals surface area contributed by atoms with E-state index in [2.05, 4.69) is 5.32 Å². The molecule has 1 unspecified atom stereocenters.